The van der Waals surface area contributed by atoms with E-state index in [1.165, 1.54) is 12.3 Å². The molecule has 0 aliphatic rings. The van der Waals surface area contributed by atoms with Crippen LogP contribution in [0.4, 0.5) is 14.5 Å². The van der Waals surface area contributed by atoms with Gasteiger partial charge in [-0.25, -0.2) is 8.78 Å². The predicted molar refractivity (Wildman–Crippen MR) is 64.2 cm³/mol. The maximum Gasteiger partial charge on any atom is 0.325 e. The molecule has 0 aliphatic heterocycles. The van der Waals surface area contributed by atoms with Crippen molar-refractivity contribution >= 4 is 17.6 Å². The number of carbonyl (C=O) groups is 2. The molecule has 1 amide bonds. The maximum atomic E-state index is 13.3. The Morgan fingerprint density at radius 1 is 1.30 bits per heavy atom. The molecule has 0 unspecified atom stereocenters. The molecular formula is C12H9F2N3O3. The van der Waals surface area contributed by atoms with E-state index in [1.54, 1.807) is 0 Å². The molecule has 0 bridgehead atoms. The van der Waals surface area contributed by atoms with E-state index in [4.69, 9.17) is 5.11 Å². The predicted octanol–water partition coefficient (Wildman–Crippen LogP) is 1.50. The first-order chi connectivity index (χ1) is 9.45. The number of rotatable bonds is 4. The second kappa shape index (κ2) is 5.47. The first kappa shape index (κ1) is 13.7. The molecule has 1 aromatic heterocycles. The molecule has 2 aromatic rings. The number of hydrogen-bond donors (Lipinski definition) is 2. The fourth-order valence-electron chi connectivity index (χ4n) is 1.49. The number of nitrogens with zero attached hydrogens (tertiary/aromatic N) is 2. The van der Waals surface area contributed by atoms with Crippen LogP contribution in [0.25, 0.3) is 0 Å². The SMILES string of the molecule is O=C(O)Cn1ccc(C(=O)Nc2ccc(F)cc2F)n1. The zero-order valence-electron chi connectivity index (χ0n) is 10.0. The molecule has 0 fully saturated rings. The highest BCUT2D eigenvalue weighted by Crippen LogP contribution is 2.15. The third-order valence-electron chi connectivity index (χ3n) is 2.35. The molecule has 1 heterocycles. The molecule has 0 saturated heterocycles. The number of hydrogen-bond acceptors (Lipinski definition) is 3. The number of aromatic nitrogens is 2. The quantitative estimate of drug-likeness (QED) is 0.889. The molecule has 104 valence electrons. The van der Waals surface area contributed by atoms with Gasteiger partial charge in [0.25, 0.3) is 5.91 Å². The zero-order chi connectivity index (χ0) is 14.7. The minimum absolute atomic E-state index is 0.0741. The highest BCUT2D eigenvalue weighted by atomic mass is 19.1. The maximum absolute atomic E-state index is 13.3. The monoisotopic (exact) mass is 281 g/mol. The lowest BCUT2D eigenvalue weighted by Crippen LogP contribution is -2.15. The summed E-state index contributed by atoms with van der Waals surface area (Å²) in [5.41, 5.74) is -0.265. The number of carbonyl (C=O) groups excluding carboxylic acids is 1. The highest BCUT2D eigenvalue weighted by molar-refractivity contribution is 6.02. The van der Waals surface area contributed by atoms with Gasteiger partial charge in [-0.15, -0.1) is 0 Å². The number of anilines is 1. The summed E-state index contributed by atoms with van der Waals surface area (Å²) in [7, 11) is 0. The molecule has 2 N–H and O–H groups in total. The lowest BCUT2D eigenvalue weighted by molar-refractivity contribution is -0.137. The normalized spacial score (nSPS) is 10.3. The van der Waals surface area contributed by atoms with Crippen molar-refractivity contribution in [2.45, 2.75) is 6.54 Å². The molecule has 20 heavy (non-hydrogen) atoms. The average molecular weight is 281 g/mol. The van der Waals surface area contributed by atoms with Crippen molar-refractivity contribution in [2.24, 2.45) is 0 Å². The molecule has 0 aliphatic carbocycles. The summed E-state index contributed by atoms with van der Waals surface area (Å²) < 4.78 is 27.1. The molecule has 0 spiro atoms. The summed E-state index contributed by atoms with van der Waals surface area (Å²) in [4.78, 5) is 22.2. The van der Waals surface area contributed by atoms with E-state index in [0.717, 1.165) is 16.8 Å². The van der Waals surface area contributed by atoms with Gasteiger partial charge in [0.05, 0.1) is 5.69 Å². The van der Waals surface area contributed by atoms with Crippen molar-refractivity contribution in [3.8, 4) is 0 Å². The number of aliphatic carboxylic acids is 1. The Bertz CT molecular complexity index is 670. The summed E-state index contributed by atoms with van der Waals surface area (Å²) in [5.74, 6) is -3.50. The van der Waals surface area contributed by atoms with Gasteiger partial charge in [0, 0.05) is 12.3 Å². The van der Waals surface area contributed by atoms with Crippen molar-refractivity contribution in [2.75, 3.05) is 5.32 Å². The Kier molecular flexibility index (Phi) is 3.74. The molecule has 1 aromatic carbocycles. The van der Waals surface area contributed by atoms with E-state index in [-0.39, 0.29) is 11.4 Å². The third kappa shape index (κ3) is 3.16. The van der Waals surface area contributed by atoms with Crippen molar-refractivity contribution in [1.82, 2.24) is 9.78 Å². The summed E-state index contributed by atoms with van der Waals surface area (Å²) in [6, 6.07) is 4.01. The van der Waals surface area contributed by atoms with Crippen LogP contribution in [-0.4, -0.2) is 26.8 Å². The molecule has 8 heteroatoms. The smallest absolute Gasteiger partial charge is 0.325 e. The van der Waals surface area contributed by atoms with Gasteiger partial charge in [0.2, 0.25) is 0 Å². The highest BCUT2D eigenvalue weighted by Gasteiger charge is 2.13. The lowest BCUT2D eigenvalue weighted by Gasteiger charge is -2.04. The van der Waals surface area contributed by atoms with Crippen LogP contribution in [-0.2, 0) is 11.3 Å². The summed E-state index contributed by atoms with van der Waals surface area (Å²) >= 11 is 0. The van der Waals surface area contributed by atoms with E-state index in [2.05, 4.69) is 10.4 Å². The number of halogens is 2. The first-order valence-electron chi connectivity index (χ1n) is 5.47. The van der Waals surface area contributed by atoms with Crippen LogP contribution in [0.2, 0.25) is 0 Å². The standard InChI is InChI=1S/C12H9F2N3O3/c13-7-1-2-9(8(14)5-7)15-12(20)10-3-4-17(16-10)6-11(18)19/h1-5H,6H2,(H,15,20)(H,18,19). The topological polar surface area (TPSA) is 84.2 Å². The van der Waals surface area contributed by atoms with Crippen LogP contribution in [0.15, 0.2) is 30.5 Å². The molecule has 0 atom stereocenters. The lowest BCUT2D eigenvalue weighted by atomic mass is 10.3. The van der Waals surface area contributed by atoms with Crippen molar-refractivity contribution < 1.29 is 23.5 Å². The minimum Gasteiger partial charge on any atom is -0.480 e. The summed E-state index contributed by atoms with van der Waals surface area (Å²) in [6.45, 7) is -0.391. The number of carboxylic acid groups (broad SMARTS) is 1. The first-order valence-corrected chi connectivity index (χ1v) is 5.47. The van der Waals surface area contributed by atoms with E-state index >= 15 is 0 Å². The van der Waals surface area contributed by atoms with Crippen LogP contribution in [0.3, 0.4) is 0 Å². The van der Waals surface area contributed by atoms with Gasteiger partial charge < -0.3 is 10.4 Å². The largest absolute Gasteiger partial charge is 0.480 e. The van der Waals surface area contributed by atoms with Gasteiger partial charge in [-0.05, 0) is 18.2 Å². The van der Waals surface area contributed by atoms with Crippen LogP contribution in [0.5, 0.6) is 0 Å². The van der Waals surface area contributed by atoms with Crippen molar-refractivity contribution in [1.29, 1.82) is 0 Å². The van der Waals surface area contributed by atoms with E-state index in [0.29, 0.717) is 6.07 Å². The van der Waals surface area contributed by atoms with Gasteiger partial charge in [-0.2, -0.15) is 5.10 Å². The minimum atomic E-state index is -1.11. The zero-order valence-corrected chi connectivity index (χ0v) is 10.0. The van der Waals surface area contributed by atoms with Crippen LogP contribution in [0.1, 0.15) is 10.5 Å². The summed E-state index contributed by atoms with van der Waals surface area (Å²) in [5, 5.41) is 14.5. The summed E-state index contributed by atoms with van der Waals surface area (Å²) in [6.07, 6.45) is 1.31. The van der Waals surface area contributed by atoms with Gasteiger partial charge in [0.1, 0.15) is 18.2 Å². The van der Waals surface area contributed by atoms with Crippen LogP contribution < -0.4 is 5.32 Å². The van der Waals surface area contributed by atoms with Crippen LogP contribution >= 0.6 is 0 Å². The van der Waals surface area contributed by atoms with Crippen molar-refractivity contribution in [3.63, 3.8) is 0 Å². The van der Waals surface area contributed by atoms with Gasteiger partial charge >= 0.3 is 5.97 Å². The van der Waals surface area contributed by atoms with Crippen LogP contribution in [0, 0.1) is 11.6 Å². The van der Waals surface area contributed by atoms with E-state index in [1.807, 2.05) is 0 Å². The third-order valence-corrected chi connectivity index (χ3v) is 2.35. The molecule has 0 saturated carbocycles. The van der Waals surface area contributed by atoms with Gasteiger partial charge in [0.15, 0.2) is 5.69 Å². The molecule has 0 radical (unpaired) electrons. The Morgan fingerprint density at radius 2 is 2.05 bits per heavy atom. The second-order valence-corrected chi connectivity index (χ2v) is 3.87. The Hall–Kier alpha value is -2.77. The Balaban J connectivity index is 2.11. The molecular weight excluding hydrogens is 272 g/mol. The van der Waals surface area contributed by atoms with E-state index in [9.17, 15) is 18.4 Å². The van der Waals surface area contributed by atoms with Gasteiger partial charge in [-0.3, -0.25) is 14.3 Å². The number of benzene rings is 1. The molecule has 6 nitrogen and oxygen atoms in total. The molecule has 2 rings (SSSR count). The fraction of sp³-hybridized carbons (Fsp3) is 0.0833. The fourth-order valence-corrected chi connectivity index (χ4v) is 1.49. The van der Waals surface area contributed by atoms with Gasteiger partial charge in [-0.1, -0.05) is 0 Å². The average Bonchev–Trinajstić information content (AvgIpc) is 2.80. The number of amides is 1. The van der Waals surface area contributed by atoms with E-state index < -0.39 is 30.1 Å². The Morgan fingerprint density at radius 3 is 2.70 bits per heavy atom. The number of carboxylic acids is 1. The number of nitrogens with one attached hydrogen (secondary N) is 1. The second-order valence-electron chi connectivity index (χ2n) is 3.87. The van der Waals surface area contributed by atoms with Crippen molar-refractivity contribution in [3.05, 3.63) is 47.8 Å². The Labute approximate surface area is 111 Å².